The molecule has 0 unspecified atom stereocenters. The van der Waals surface area contributed by atoms with Gasteiger partial charge in [-0.2, -0.15) is 0 Å². The molecule has 0 bridgehead atoms. The Morgan fingerprint density at radius 1 is 1.13 bits per heavy atom. The van der Waals surface area contributed by atoms with E-state index < -0.39 is 24.5 Å². The highest BCUT2D eigenvalue weighted by Crippen LogP contribution is 2.21. The van der Waals surface area contributed by atoms with Crippen molar-refractivity contribution in [2.75, 3.05) is 13.2 Å². The van der Waals surface area contributed by atoms with Gasteiger partial charge in [0, 0.05) is 23.4 Å². The Labute approximate surface area is 183 Å². The summed E-state index contributed by atoms with van der Waals surface area (Å²) in [7, 11) is 0. The van der Waals surface area contributed by atoms with Gasteiger partial charge in [0.1, 0.15) is 0 Å². The highest BCUT2D eigenvalue weighted by molar-refractivity contribution is 7.09. The molecule has 2 heterocycles. The van der Waals surface area contributed by atoms with E-state index in [1.807, 2.05) is 48.7 Å². The van der Waals surface area contributed by atoms with Gasteiger partial charge in [-0.15, -0.1) is 11.3 Å². The van der Waals surface area contributed by atoms with Gasteiger partial charge in [-0.1, -0.05) is 35.9 Å². The summed E-state index contributed by atoms with van der Waals surface area (Å²) in [5.74, 6) is -0.252. The minimum Gasteiger partial charge on any atom is -0.456 e. The number of amides is 3. The Hall–Kier alpha value is -3.46. The van der Waals surface area contributed by atoms with E-state index in [4.69, 9.17) is 9.15 Å². The van der Waals surface area contributed by atoms with E-state index in [1.165, 1.54) is 0 Å². The Bertz CT molecular complexity index is 1010. The zero-order valence-corrected chi connectivity index (χ0v) is 17.9. The van der Waals surface area contributed by atoms with Crippen molar-refractivity contribution in [2.24, 2.45) is 0 Å². The molecule has 0 atom stereocenters. The maximum absolute atomic E-state index is 11.9. The predicted octanol–water partition coefficient (Wildman–Crippen LogP) is 3.26. The summed E-state index contributed by atoms with van der Waals surface area (Å²) in [5.41, 5.74) is 2.04. The van der Waals surface area contributed by atoms with Crippen molar-refractivity contribution in [2.45, 2.75) is 26.2 Å². The summed E-state index contributed by atoms with van der Waals surface area (Å²) in [5, 5.41) is 6.66. The second-order valence-electron chi connectivity index (χ2n) is 6.78. The molecular weight excluding hydrogens is 418 g/mol. The summed E-state index contributed by atoms with van der Waals surface area (Å²) < 4.78 is 10.5. The van der Waals surface area contributed by atoms with E-state index >= 15 is 0 Å². The fraction of sp³-hybridized carbons (Fsp3) is 0.273. The number of aromatic nitrogens is 1. The third kappa shape index (κ3) is 7.38. The van der Waals surface area contributed by atoms with Crippen LogP contribution < -0.4 is 10.6 Å². The number of hydrogen-bond acceptors (Lipinski definition) is 7. The number of ether oxygens (including phenoxy) is 1. The fourth-order valence-electron chi connectivity index (χ4n) is 2.67. The number of oxazole rings is 1. The van der Waals surface area contributed by atoms with Crippen molar-refractivity contribution in [1.82, 2.24) is 15.6 Å². The summed E-state index contributed by atoms with van der Waals surface area (Å²) in [6, 6.07) is 11.1. The number of aryl methyl sites for hydroxylation is 2. The van der Waals surface area contributed by atoms with E-state index in [0.29, 0.717) is 24.6 Å². The summed E-state index contributed by atoms with van der Waals surface area (Å²) >= 11 is 1.60. The third-order valence-corrected chi connectivity index (χ3v) is 5.22. The van der Waals surface area contributed by atoms with Crippen LogP contribution in [-0.2, 0) is 27.2 Å². The van der Waals surface area contributed by atoms with Crippen LogP contribution in [0, 0.1) is 6.92 Å². The molecule has 2 N–H and O–H groups in total. The summed E-state index contributed by atoms with van der Waals surface area (Å²) in [4.78, 5) is 40.6. The number of rotatable bonds is 9. The largest absolute Gasteiger partial charge is 0.456 e. The molecule has 162 valence electrons. The molecule has 0 spiro atoms. The second-order valence-corrected chi connectivity index (χ2v) is 7.81. The van der Waals surface area contributed by atoms with Gasteiger partial charge in [0.25, 0.3) is 5.91 Å². The first-order valence-electron chi connectivity index (χ1n) is 9.77. The van der Waals surface area contributed by atoms with Gasteiger partial charge in [0.05, 0.1) is 12.6 Å². The highest BCUT2D eigenvalue weighted by Gasteiger charge is 2.13. The molecule has 0 radical (unpaired) electrons. The second kappa shape index (κ2) is 11.1. The number of nitrogens with zero attached hydrogens (tertiary/aromatic N) is 1. The normalized spacial score (nSPS) is 10.5. The minimum atomic E-state index is -0.695. The molecule has 0 aliphatic heterocycles. The van der Waals surface area contributed by atoms with Gasteiger partial charge >= 0.3 is 12.0 Å². The topological polar surface area (TPSA) is 111 Å². The van der Waals surface area contributed by atoms with Gasteiger partial charge in [0.15, 0.2) is 18.3 Å². The first-order valence-corrected chi connectivity index (χ1v) is 10.6. The fourth-order valence-corrected chi connectivity index (χ4v) is 3.37. The molecular formula is C22H23N3O5S. The number of imide groups is 1. The molecule has 8 nitrogen and oxygen atoms in total. The zero-order chi connectivity index (χ0) is 22.1. The van der Waals surface area contributed by atoms with Crippen LogP contribution in [0.4, 0.5) is 4.79 Å². The molecule has 3 rings (SSSR count). The molecule has 0 fully saturated rings. The number of benzene rings is 1. The number of carbonyl (C=O) groups is 3. The SMILES string of the molecule is Cc1ccc(-c2cnc(CCC(=O)OCC(=O)NC(=O)NCCc3cccs3)o2)cc1. The first kappa shape index (κ1) is 22.2. The van der Waals surface area contributed by atoms with E-state index in [0.717, 1.165) is 16.0 Å². The van der Waals surface area contributed by atoms with Crippen molar-refractivity contribution >= 4 is 29.2 Å². The summed E-state index contributed by atoms with van der Waals surface area (Å²) in [6.45, 7) is 1.87. The monoisotopic (exact) mass is 441 g/mol. The molecule has 0 aliphatic carbocycles. The van der Waals surface area contributed by atoms with Gasteiger partial charge in [-0.3, -0.25) is 14.9 Å². The Morgan fingerprint density at radius 2 is 1.94 bits per heavy atom. The maximum Gasteiger partial charge on any atom is 0.321 e. The number of nitrogens with one attached hydrogen (secondary N) is 2. The molecule has 31 heavy (non-hydrogen) atoms. The molecule has 3 amide bonds. The van der Waals surface area contributed by atoms with Crippen LogP contribution in [0.3, 0.4) is 0 Å². The van der Waals surface area contributed by atoms with Gasteiger partial charge in [0.2, 0.25) is 0 Å². The lowest BCUT2D eigenvalue weighted by Crippen LogP contribution is -2.42. The van der Waals surface area contributed by atoms with Crippen molar-refractivity contribution in [1.29, 1.82) is 0 Å². The van der Waals surface area contributed by atoms with Crippen LogP contribution in [0.25, 0.3) is 11.3 Å². The first-order chi connectivity index (χ1) is 15.0. The molecule has 2 aromatic heterocycles. The van der Waals surface area contributed by atoms with Crippen molar-refractivity contribution in [3.05, 3.63) is 64.3 Å². The number of thiophene rings is 1. The smallest absolute Gasteiger partial charge is 0.321 e. The van der Waals surface area contributed by atoms with Gasteiger partial charge < -0.3 is 14.5 Å². The standard InChI is InChI=1S/C22H23N3O5S/c1-15-4-6-16(7-5-15)18-13-24-20(30-18)8-9-21(27)29-14-19(26)25-22(28)23-11-10-17-3-2-12-31-17/h2-7,12-13H,8-11,14H2,1H3,(H2,23,25,26,28). The zero-order valence-electron chi connectivity index (χ0n) is 17.1. The number of urea groups is 1. The highest BCUT2D eigenvalue weighted by atomic mass is 32.1. The number of hydrogen-bond donors (Lipinski definition) is 2. The molecule has 9 heteroatoms. The maximum atomic E-state index is 11.9. The van der Waals surface area contributed by atoms with Crippen LogP contribution in [0.5, 0.6) is 0 Å². The Morgan fingerprint density at radius 3 is 2.68 bits per heavy atom. The van der Waals surface area contributed by atoms with Crippen LogP contribution in [0.15, 0.2) is 52.4 Å². The van der Waals surface area contributed by atoms with Crippen LogP contribution in [-0.4, -0.2) is 36.0 Å². The van der Waals surface area contributed by atoms with Crippen molar-refractivity contribution in [3.63, 3.8) is 0 Å². The van der Waals surface area contributed by atoms with Gasteiger partial charge in [-0.05, 0) is 24.8 Å². The Kier molecular flexibility index (Phi) is 7.94. The van der Waals surface area contributed by atoms with E-state index in [-0.39, 0.29) is 12.8 Å². The van der Waals surface area contributed by atoms with E-state index in [2.05, 4.69) is 15.6 Å². The van der Waals surface area contributed by atoms with Crippen LogP contribution >= 0.6 is 11.3 Å². The molecule has 3 aromatic rings. The lowest BCUT2D eigenvalue weighted by atomic mass is 10.1. The van der Waals surface area contributed by atoms with Crippen LogP contribution in [0.1, 0.15) is 22.8 Å². The van der Waals surface area contributed by atoms with Crippen molar-refractivity contribution in [3.8, 4) is 11.3 Å². The lowest BCUT2D eigenvalue weighted by Gasteiger charge is -2.07. The molecule has 0 saturated heterocycles. The molecule has 0 aliphatic rings. The third-order valence-electron chi connectivity index (χ3n) is 4.29. The Balaban J connectivity index is 1.32. The molecule has 0 saturated carbocycles. The quantitative estimate of drug-likeness (QED) is 0.493. The van der Waals surface area contributed by atoms with E-state index in [1.54, 1.807) is 17.5 Å². The minimum absolute atomic E-state index is 0.00808. The molecule has 1 aromatic carbocycles. The average molecular weight is 442 g/mol. The van der Waals surface area contributed by atoms with Crippen molar-refractivity contribution < 1.29 is 23.5 Å². The number of carbonyl (C=O) groups excluding carboxylic acids is 3. The van der Waals surface area contributed by atoms with E-state index in [9.17, 15) is 14.4 Å². The average Bonchev–Trinajstić information content (AvgIpc) is 3.43. The summed E-state index contributed by atoms with van der Waals surface area (Å²) in [6.07, 6.45) is 2.54. The number of esters is 1. The van der Waals surface area contributed by atoms with Crippen LogP contribution in [0.2, 0.25) is 0 Å². The predicted molar refractivity (Wildman–Crippen MR) is 116 cm³/mol. The lowest BCUT2D eigenvalue weighted by molar-refractivity contribution is -0.148. The van der Waals surface area contributed by atoms with Gasteiger partial charge in [-0.25, -0.2) is 9.78 Å².